The predicted molar refractivity (Wildman–Crippen MR) is 84.5 cm³/mol. The molecule has 3 rings (SSSR count). The van der Waals surface area contributed by atoms with Crippen LogP contribution in [0.5, 0.6) is 5.75 Å². The smallest absolute Gasteiger partial charge is 0.247 e. The van der Waals surface area contributed by atoms with Gasteiger partial charge in [-0.1, -0.05) is 5.16 Å². The van der Waals surface area contributed by atoms with Crippen LogP contribution in [0.3, 0.4) is 0 Å². The number of benzene rings is 1. The van der Waals surface area contributed by atoms with Crippen molar-refractivity contribution in [1.29, 1.82) is 0 Å². The lowest BCUT2D eigenvalue weighted by molar-refractivity contribution is -0.116. The van der Waals surface area contributed by atoms with Gasteiger partial charge in [-0.25, -0.2) is 0 Å². The van der Waals surface area contributed by atoms with Crippen molar-refractivity contribution in [2.45, 2.75) is 19.8 Å². The molecule has 8 heteroatoms. The van der Waals surface area contributed by atoms with E-state index in [2.05, 4.69) is 20.7 Å². The van der Waals surface area contributed by atoms with E-state index in [4.69, 9.17) is 13.7 Å². The molecule has 3 aromatic rings. The first-order chi connectivity index (χ1) is 11.6. The molecule has 0 fully saturated rings. The number of carbonyl (C=O) groups is 1. The summed E-state index contributed by atoms with van der Waals surface area (Å²) in [5.41, 5.74) is 0.789. The summed E-state index contributed by atoms with van der Waals surface area (Å²) in [5, 5.41) is 14.3. The summed E-state index contributed by atoms with van der Waals surface area (Å²) in [5.74, 6) is 2.37. The molecule has 0 bridgehead atoms. The molecule has 124 valence electrons. The number of nitrogens with zero attached hydrogens (tertiary/aromatic N) is 3. The van der Waals surface area contributed by atoms with E-state index < -0.39 is 0 Å². The van der Waals surface area contributed by atoms with Crippen molar-refractivity contribution in [2.24, 2.45) is 0 Å². The van der Waals surface area contributed by atoms with Crippen molar-refractivity contribution in [2.75, 3.05) is 12.4 Å². The average Bonchev–Trinajstić information content (AvgIpc) is 3.22. The minimum absolute atomic E-state index is 0.201. The fraction of sp³-hybridized carbons (Fsp3) is 0.250. The first-order valence-electron chi connectivity index (χ1n) is 7.34. The molecule has 0 radical (unpaired) electrons. The monoisotopic (exact) mass is 328 g/mol. The normalized spacial score (nSPS) is 10.6. The number of carbonyl (C=O) groups excluding carboxylic acids is 1. The predicted octanol–water partition coefficient (Wildman–Crippen LogP) is 2.61. The van der Waals surface area contributed by atoms with Crippen molar-refractivity contribution in [3.8, 4) is 17.2 Å². The lowest BCUT2D eigenvalue weighted by Gasteiger charge is -1.99. The Labute approximate surface area is 137 Å². The molecule has 0 atom stereocenters. The summed E-state index contributed by atoms with van der Waals surface area (Å²) < 4.78 is 15.6. The van der Waals surface area contributed by atoms with Crippen molar-refractivity contribution in [3.05, 3.63) is 42.0 Å². The molecule has 0 saturated heterocycles. The maximum Gasteiger partial charge on any atom is 0.247 e. The Morgan fingerprint density at radius 3 is 2.71 bits per heavy atom. The van der Waals surface area contributed by atoms with Crippen molar-refractivity contribution >= 4 is 11.7 Å². The highest BCUT2D eigenvalue weighted by Crippen LogP contribution is 2.21. The lowest BCUT2D eigenvalue weighted by atomic mass is 10.2. The Morgan fingerprint density at radius 1 is 1.25 bits per heavy atom. The van der Waals surface area contributed by atoms with Gasteiger partial charge < -0.3 is 19.0 Å². The van der Waals surface area contributed by atoms with Crippen LogP contribution in [0.25, 0.3) is 11.5 Å². The van der Waals surface area contributed by atoms with Crippen LogP contribution in [0.2, 0.25) is 0 Å². The molecule has 0 unspecified atom stereocenters. The summed E-state index contributed by atoms with van der Waals surface area (Å²) in [6, 6.07) is 8.93. The third-order valence-electron chi connectivity index (χ3n) is 3.27. The van der Waals surface area contributed by atoms with Gasteiger partial charge in [-0.15, -0.1) is 10.2 Å². The van der Waals surface area contributed by atoms with E-state index in [0.29, 0.717) is 29.8 Å². The van der Waals surface area contributed by atoms with E-state index in [9.17, 15) is 4.79 Å². The molecule has 0 aliphatic heterocycles. The van der Waals surface area contributed by atoms with Gasteiger partial charge in [0.15, 0.2) is 5.82 Å². The van der Waals surface area contributed by atoms with E-state index in [0.717, 1.165) is 11.3 Å². The maximum atomic E-state index is 11.8. The van der Waals surface area contributed by atoms with Crippen molar-refractivity contribution in [1.82, 2.24) is 15.4 Å². The topological polar surface area (TPSA) is 103 Å². The molecular weight excluding hydrogens is 312 g/mol. The van der Waals surface area contributed by atoms with Gasteiger partial charge in [0.05, 0.1) is 7.11 Å². The fourth-order valence-corrected chi connectivity index (χ4v) is 2.06. The molecule has 1 N–H and O–H groups in total. The van der Waals surface area contributed by atoms with Gasteiger partial charge in [0.25, 0.3) is 0 Å². The first kappa shape index (κ1) is 15.7. The van der Waals surface area contributed by atoms with E-state index >= 15 is 0 Å². The number of amides is 1. The highest BCUT2D eigenvalue weighted by atomic mass is 16.5. The van der Waals surface area contributed by atoms with Crippen LogP contribution in [-0.2, 0) is 11.2 Å². The third-order valence-corrected chi connectivity index (χ3v) is 3.27. The molecule has 1 aromatic carbocycles. The van der Waals surface area contributed by atoms with Crippen LogP contribution in [0, 0.1) is 6.92 Å². The Hall–Kier alpha value is -3.16. The van der Waals surface area contributed by atoms with Crippen LogP contribution >= 0.6 is 0 Å². The molecule has 24 heavy (non-hydrogen) atoms. The molecule has 2 aromatic heterocycles. The molecule has 2 heterocycles. The second kappa shape index (κ2) is 6.95. The van der Waals surface area contributed by atoms with Gasteiger partial charge in [0, 0.05) is 24.5 Å². The summed E-state index contributed by atoms with van der Waals surface area (Å²) in [6.45, 7) is 1.75. The van der Waals surface area contributed by atoms with Crippen LogP contribution in [0.4, 0.5) is 5.82 Å². The molecular formula is C16H16N4O4. The Bertz CT molecular complexity index is 823. The van der Waals surface area contributed by atoms with Crippen LogP contribution in [-0.4, -0.2) is 28.4 Å². The molecule has 1 amide bonds. The standard InChI is InChI=1S/C16H16N4O4/c1-10-9-13(20-24-10)17-14(21)7-8-15-18-19-16(23-15)11-3-5-12(22-2)6-4-11/h3-6,9H,7-8H2,1-2H3,(H,17,20,21). The van der Waals surface area contributed by atoms with Crippen molar-refractivity contribution < 1.29 is 18.5 Å². The van der Waals surface area contributed by atoms with Gasteiger partial charge in [-0.3, -0.25) is 4.79 Å². The zero-order chi connectivity index (χ0) is 16.9. The Morgan fingerprint density at radius 2 is 2.04 bits per heavy atom. The molecule has 0 aliphatic rings. The third kappa shape index (κ3) is 3.78. The number of rotatable bonds is 6. The van der Waals surface area contributed by atoms with E-state index in [1.54, 1.807) is 20.1 Å². The van der Waals surface area contributed by atoms with Crippen molar-refractivity contribution in [3.63, 3.8) is 0 Å². The number of aryl methyl sites for hydroxylation is 2. The summed E-state index contributed by atoms with van der Waals surface area (Å²) in [4.78, 5) is 11.8. The van der Waals surface area contributed by atoms with Gasteiger partial charge >= 0.3 is 0 Å². The summed E-state index contributed by atoms with van der Waals surface area (Å²) >= 11 is 0. The Balaban J connectivity index is 1.56. The highest BCUT2D eigenvalue weighted by molar-refractivity contribution is 5.89. The number of ether oxygens (including phenoxy) is 1. The number of hydrogen-bond acceptors (Lipinski definition) is 7. The average molecular weight is 328 g/mol. The minimum Gasteiger partial charge on any atom is -0.497 e. The minimum atomic E-state index is -0.201. The Kier molecular flexibility index (Phi) is 4.55. The van der Waals surface area contributed by atoms with Gasteiger partial charge in [-0.2, -0.15) is 0 Å². The molecule has 8 nitrogen and oxygen atoms in total. The van der Waals surface area contributed by atoms with Gasteiger partial charge in [-0.05, 0) is 31.2 Å². The van der Waals surface area contributed by atoms with E-state index in [-0.39, 0.29) is 12.3 Å². The lowest BCUT2D eigenvalue weighted by Crippen LogP contribution is -2.12. The first-order valence-corrected chi connectivity index (χ1v) is 7.34. The largest absolute Gasteiger partial charge is 0.497 e. The number of methoxy groups -OCH3 is 1. The zero-order valence-corrected chi connectivity index (χ0v) is 13.3. The number of anilines is 1. The van der Waals surface area contributed by atoms with Crippen LogP contribution in [0.1, 0.15) is 18.1 Å². The molecule has 0 saturated carbocycles. The molecule has 0 spiro atoms. The second-order valence-corrected chi connectivity index (χ2v) is 5.10. The zero-order valence-electron chi connectivity index (χ0n) is 13.3. The summed E-state index contributed by atoms with van der Waals surface area (Å²) in [6.07, 6.45) is 0.544. The number of aromatic nitrogens is 3. The van der Waals surface area contributed by atoms with Gasteiger partial charge in [0.2, 0.25) is 17.7 Å². The second-order valence-electron chi connectivity index (χ2n) is 5.10. The van der Waals surface area contributed by atoms with E-state index in [1.165, 1.54) is 0 Å². The van der Waals surface area contributed by atoms with Gasteiger partial charge in [0.1, 0.15) is 11.5 Å². The fourth-order valence-electron chi connectivity index (χ4n) is 2.06. The van der Waals surface area contributed by atoms with Crippen LogP contribution in [0.15, 0.2) is 39.3 Å². The highest BCUT2D eigenvalue weighted by Gasteiger charge is 2.12. The number of hydrogen-bond donors (Lipinski definition) is 1. The number of nitrogens with one attached hydrogen (secondary N) is 1. The quantitative estimate of drug-likeness (QED) is 0.741. The summed E-state index contributed by atoms with van der Waals surface area (Å²) in [7, 11) is 1.60. The maximum absolute atomic E-state index is 11.8. The SMILES string of the molecule is COc1ccc(-c2nnc(CCC(=O)Nc3cc(C)on3)o2)cc1. The van der Waals surface area contributed by atoms with E-state index in [1.807, 2.05) is 24.3 Å². The molecule has 0 aliphatic carbocycles. The van der Waals surface area contributed by atoms with Crippen LogP contribution < -0.4 is 10.1 Å².